The highest BCUT2D eigenvalue weighted by molar-refractivity contribution is 7.89. The van der Waals surface area contributed by atoms with Crippen LogP contribution in [-0.2, 0) is 23.0 Å². The highest BCUT2D eigenvalue weighted by atomic mass is 32.2. The van der Waals surface area contributed by atoms with E-state index in [2.05, 4.69) is 24.2 Å². The first-order valence-corrected chi connectivity index (χ1v) is 15.5. The second-order valence-electron chi connectivity index (χ2n) is 10.6. The second kappa shape index (κ2) is 10.8. The first-order valence-electron chi connectivity index (χ1n) is 13.3. The zero-order valence-electron chi connectivity index (χ0n) is 21.7. The number of piperidine rings is 2. The van der Waals surface area contributed by atoms with Crippen LogP contribution in [0.4, 0.5) is 5.00 Å². The number of sulfonamides is 1. The molecule has 200 valence electrons. The topological polar surface area (TPSA) is 90.0 Å². The van der Waals surface area contributed by atoms with E-state index in [4.69, 9.17) is 0 Å². The highest BCUT2D eigenvalue weighted by Gasteiger charge is 2.32. The molecule has 2 aromatic rings. The molecule has 2 saturated heterocycles. The van der Waals surface area contributed by atoms with Gasteiger partial charge in [-0.2, -0.15) is 4.31 Å². The van der Waals surface area contributed by atoms with E-state index in [0.717, 1.165) is 75.1 Å². The molecule has 1 aromatic carbocycles. The molecule has 37 heavy (non-hydrogen) atoms. The van der Waals surface area contributed by atoms with Crippen molar-refractivity contribution in [2.24, 2.45) is 5.92 Å². The number of rotatable bonds is 5. The summed E-state index contributed by atoms with van der Waals surface area (Å²) in [5, 5.41) is 3.60. The molecule has 0 bridgehead atoms. The fourth-order valence-corrected chi connectivity index (χ4v) is 8.21. The minimum Gasteiger partial charge on any atom is -0.339 e. The lowest BCUT2D eigenvalue weighted by Gasteiger charge is -2.29. The van der Waals surface area contributed by atoms with Crippen LogP contribution in [0.5, 0.6) is 0 Å². The van der Waals surface area contributed by atoms with Crippen molar-refractivity contribution in [2.75, 3.05) is 45.1 Å². The number of hydrogen-bond acceptors (Lipinski definition) is 6. The Morgan fingerprint density at radius 1 is 0.973 bits per heavy atom. The van der Waals surface area contributed by atoms with Gasteiger partial charge in [-0.25, -0.2) is 8.42 Å². The van der Waals surface area contributed by atoms with Crippen LogP contribution in [0, 0.1) is 5.92 Å². The molecule has 4 heterocycles. The Hall–Kier alpha value is -2.27. The predicted molar refractivity (Wildman–Crippen MR) is 146 cm³/mol. The molecular weight excluding hydrogens is 508 g/mol. The van der Waals surface area contributed by atoms with Crippen molar-refractivity contribution < 1.29 is 18.0 Å². The first kappa shape index (κ1) is 26.3. The molecule has 2 amide bonds. The molecule has 0 atom stereocenters. The molecule has 0 spiro atoms. The van der Waals surface area contributed by atoms with Crippen LogP contribution in [0.1, 0.15) is 70.2 Å². The van der Waals surface area contributed by atoms with Crippen molar-refractivity contribution in [3.8, 4) is 0 Å². The number of benzene rings is 1. The molecule has 8 nitrogen and oxygen atoms in total. The first-order chi connectivity index (χ1) is 17.7. The zero-order valence-corrected chi connectivity index (χ0v) is 23.3. The maximum absolute atomic E-state index is 13.6. The van der Waals surface area contributed by atoms with Crippen molar-refractivity contribution in [2.45, 2.75) is 56.9 Å². The third-order valence-electron chi connectivity index (χ3n) is 7.83. The smallest absolute Gasteiger partial charge is 0.257 e. The summed E-state index contributed by atoms with van der Waals surface area (Å²) in [6.07, 6.45) is 5.66. The lowest BCUT2D eigenvalue weighted by atomic mass is 10.0. The maximum Gasteiger partial charge on any atom is 0.257 e. The van der Waals surface area contributed by atoms with Gasteiger partial charge in [0.2, 0.25) is 10.0 Å². The summed E-state index contributed by atoms with van der Waals surface area (Å²) in [6.45, 7) is 6.34. The molecular formula is C27H36N4O4S2. The Kier molecular flexibility index (Phi) is 7.72. The van der Waals surface area contributed by atoms with Gasteiger partial charge in [0.15, 0.2) is 0 Å². The highest BCUT2D eigenvalue weighted by Crippen LogP contribution is 2.38. The van der Waals surface area contributed by atoms with Gasteiger partial charge >= 0.3 is 0 Å². The quantitative estimate of drug-likeness (QED) is 0.614. The minimum absolute atomic E-state index is 0.00865. The number of likely N-dealkylation sites (tertiary alicyclic amines) is 1. The molecule has 1 N–H and O–H groups in total. The number of amides is 2. The van der Waals surface area contributed by atoms with Gasteiger partial charge in [-0.1, -0.05) is 6.92 Å². The molecule has 3 aliphatic heterocycles. The maximum atomic E-state index is 13.6. The Morgan fingerprint density at radius 2 is 1.65 bits per heavy atom. The number of carbonyl (C=O) groups is 2. The Labute approximate surface area is 223 Å². The number of fused-ring (bicyclic) bond motifs is 1. The molecule has 0 unspecified atom stereocenters. The number of carbonyl (C=O) groups excluding carboxylic acids is 2. The third-order valence-corrected chi connectivity index (χ3v) is 10.9. The number of nitrogens with zero attached hydrogens (tertiary/aromatic N) is 3. The molecule has 3 aliphatic rings. The summed E-state index contributed by atoms with van der Waals surface area (Å²) in [7, 11) is -1.51. The number of anilines is 1. The molecule has 10 heteroatoms. The number of nitrogens with one attached hydrogen (secondary N) is 1. The summed E-state index contributed by atoms with van der Waals surface area (Å²) < 4.78 is 27.6. The van der Waals surface area contributed by atoms with Gasteiger partial charge in [0, 0.05) is 49.7 Å². The van der Waals surface area contributed by atoms with Crippen LogP contribution in [0.15, 0.2) is 29.2 Å². The number of likely N-dealkylation sites (N-methyl/N-ethyl adjacent to an activating group) is 1. The summed E-state index contributed by atoms with van der Waals surface area (Å²) >= 11 is 1.48. The Bertz CT molecular complexity index is 1260. The van der Waals surface area contributed by atoms with E-state index in [1.165, 1.54) is 27.8 Å². The lowest BCUT2D eigenvalue weighted by molar-refractivity contribution is 0.0724. The van der Waals surface area contributed by atoms with Crippen LogP contribution >= 0.6 is 11.3 Å². The van der Waals surface area contributed by atoms with E-state index in [-0.39, 0.29) is 16.7 Å². The van der Waals surface area contributed by atoms with E-state index in [1.54, 1.807) is 12.1 Å². The van der Waals surface area contributed by atoms with Crippen molar-refractivity contribution in [3.05, 3.63) is 45.8 Å². The lowest BCUT2D eigenvalue weighted by Crippen LogP contribution is -2.37. The fourth-order valence-electron chi connectivity index (χ4n) is 5.43. The van der Waals surface area contributed by atoms with Gasteiger partial charge in [-0.05, 0) is 81.3 Å². The largest absolute Gasteiger partial charge is 0.339 e. The van der Waals surface area contributed by atoms with Crippen LogP contribution in [0.3, 0.4) is 0 Å². The second-order valence-corrected chi connectivity index (χ2v) is 13.7. The standard InChI is InChI=1S/C27H36N4O4S2/c1-19-10-16-31(17-11-19)37(34,35)21-8-6-20(7-9-21)25(32)28-26-24(27(33)30-13-4-3-5-14-30)22-12-15-29(2)18-23(22)36-26/h6-9,19H,3-5,10-18H2,1-2H3,(H,28,32). The molecule has 5 rings (SSSR count). The summed E-state index contributed by atoms with van der Waals surface area (Å²) in [6, 6.07) is 6.14. The van der Waals surface area contributed by atoms with Gasteiger partial charge in [-0.15, -0.1) is 11.3 Å². The van der Waals surface area contributed by atoms with Gasteiger partial charge in [-0.3, -0.25) is 9.59 Å². The Morgan fingerprint density at radius 3 is 2.32 bits per heavy atom. The minimum atomic E-state index is -3.58. The summed E-state index contributed by atoms with van der Waals surface area (Å²) in [5.74, 6) is 0.206. The average Bonchev–Trinajstić information content (AvgIpc) is 3.25. The summed E-state index contributed by atoms with van der Waals surface area (Å²) in [4.78, 5) is 32.3. The molecule has 0 radical (unpaired) electrons. The van der Waals surface area contributed by atoms with Crippen LogP contribution in [0.2, 0.25) is 0 Å². The van der Waals surface area contributed by atoms with Gasteiger partial charge in [0.1, 0.15) is 5.00 Å². The van der Waals surface area contributed by atoms with Crippen LogP contribution in [-0.4, -0.2) is 74.1 Å². The van der Waals surface area contributed by atoms with E-state index < -0.39 is 10.0 Å². The molecule has 0 saturated carbocycles. The fraction of sp³-hybridized carbons (Fsp3) is 0.556. The normalized spacial score (nSPS) is 20.0. The Balaban J connectivity index is 1.36. The van der Waals surface area contributed by atoms with Crippen molar-refractivity contribution in [3.63, 3.8) is 0 Å². The van der Waals surface area contributed by atoms with E-state index in [1.807, 2.05) is 4.90 Å². The SMILES string of the molecule is CC1CCN(S(=O)(=O)c2ccc(C(=O)Nc3sc4c(c3C(=O)N3CCCCC3)CCN(C)C4)cc2)CC1. The van der Waals surface area contributed by atoms with E-state index >= 15 is 0 Å². The predicted octanol–water partition coefficient (Wildman–Crippen LogP) is 4.04. The van der Waals surface area contributed by atoms with Gasteiger partial charge in [0.05, 0.1) is 10.5 Å². The van der Waals surface area contributed by atoms with Crippen molar-refractivity contribution >= 4 is 38.2 Å². The number of thiophene rings is 1. The third kappa shape index (κ3) is 5.48. The molecule has 1 aromatic heterocycles. The number of hydrogen-bond donors (Lipinski definition) is 1. The molecule has 0 aliphatic carbocycles. The van der Waals surface area contributed by atoms with E-state index in [0.29, 0.717) is 35.1 Å². The van der Waals surface area contributed by atoms with Gasteiger partial charge < -0.3 is 15.1 Å². The average molecular weight is 545 g/mol. The van der Waals surface area contributed by atoms with Gasteiger partial charge in [0.25, 0.3) is 11.8 Å². The molecule has 2 fully saturated rings. The van der Waals surface area contributed by atoms with Crippen LogP contribution in [0.25, 0.3) is 0 Å². The van der Waals surface area contributed by atoms with Crippen molar-refractivity contribution in [1.82, 2.24) is 14.1 Å². The summed E-state index contributed by atoms with van der Waals surface area (Å²) in [5.41, 5.74) is 2.07. The van der Waals surface area contributed by atoms with E-state index in [9.17, 15) is 18.0 Å². The monoisotopic (exact) mass is 544 g/mol. The zero-order chi connectivity index (χ0) is 26.2. The van der Waals surface area contributed by atoms with Crippen molar-refractivity contribution in [1.29, 1.82) is 0 Å². The van der Waals surface area contributed by atoms with Crippen LogP contribution < -0.4 is 5.32 Å².